The average molecular weight is 185 g/mol. The Morgan fingerprint density at radius 2 is 2.42 bits per heavy atom. The van der Waals surface area contributed by atoms with Gasteiger partial charge in [0, 0.05) is 12.0 Å². The summed E-state index contributed by atoms with van der Waals surface area (Å²) in [5.41, 5.74) is 2.94. The standard InChI is InChI=1S/C9H15NOS/c1-3-9(2,6-11)4-8-5-12-7-10-8/h5,7,11H,3-4,6H2,1-2H3. The second-order valence-corrected chi connectivity index (χ2v) is 4.20. The van der Waals surface area contributed by atoms with Gasteiger partial charge < -0.3 is 5.11 Å². The van der Waals surface area contributed by atoms with Crippen molar-refractivity contribution >= 4 is 11.3 Å². The number of hydrogen-bond acceptors (Lipinski definition) is 3. The average Bonchev–Trinajstić information content (AvgIpc) is 2.57. The molecule has 0 spiro atoms. The van der Waals surface area contributed by atoms with Crippen molar-refractivity contribution in [3.63, 3.8) is 0 Å². The van der Waals surface area contributed by atoms with Crippen molar-refractivity contribution in [1.82, 2.24) is 4.98 Å². The van der Waals surface area contributed by atoms with Gasteiger partial charge >= 0.3 is 0 Å². The number of rotatable bonds is 4. The molecular formula is C9H15NOS. The summed E-state index contributed by atoms with van der Waals surface area (Å²) in [4.78, 5) is 4.20. The van der Waals surface area contributed by atoms with E-state index in [1.54, 1.807) is 11.3 Å². The van der Waals surface area contributed by atoms with E-state index in [-0.39, 0.29) is 12.0 Å². The summed E-state index contributed by atoms with van der Waals surface area (Å²) in [7, 11) is 0. The van der Waals surface area contributed by atoms with Crippen LogP contribution in [0.4, 0.5) is 0 Å². The summed E-state index contributed by atoms with van der Waals surface area (Å²) in [5, 5.41) is 11.2. The van der Waals surface area contributed by atoms with Gasteiger partial charge in [-0.2, -0.15) is 0 Å². The molecule has 1 rings (SSSR count). The lowest BCUT2D eigenvalue weighted by molar-refractivity contribution is 0.137. The lowest BCUT2D eigenvalue weighted by atomic mass is 9.84. The maximum Gasteiger partial charge on any atom is 0.0794 e. The largest absolute Gasteiger partial charge is 0.396 e. The molecule has 1 N–H and O–H groups in total. The number of nitrogens with zero attached hydrogens (tertiary/aromatic N) is 1. The van der Waals surface area contributed by atoms with Crippen molar-refractivity contribution in [3.8, 4) is 0 Å². The van der Waals surface area contributed by atoms with Gasteiger partial charge in [0.05, 0.1) is 11.2 Å². The van der Waals surface area contributed by atoms with Crippen LogP contribution in [0.1, 0.15) is 26.0 Å². The lowest BCUT2D eigenvalue weighted by Gasteiger charge is -2.24. The van der Waals surface area contributed by atoms with Gasteiger partial charge in [-0.05, 0) is 18.3 Å². The molecule has 1 atom stereocenters. The first-order valence-electron chi connectivity index (χ1n) is 4.18. The summed E-state index contributed by atoms with van der Waals surface area (Å²) in [6.07, 6.45) is 1.87. The van der Waals surface area contributed by atoms with Gasteiger partial charge in [0.25, 0.3) is 0 Å². The molecule has 0 bridgehead atoms. The molecule has 12 heavy (non-hydrogen) atoms. The number of hydrogen-bond donors (Lipinski definition) is 1. The molecule has 0 amide bonds. The summed E-state index contributed by atoms with van der Waals surface area (Å²) >= 11 is 1.61. The molecule has 2 nitrogen and oxygen atoms in total. The maximum absolute atomic E-state index is 9.16. The molecule has 0 aromatic carbocycles. The third-order valence-corrected chi connectivity index (χ3v) is 2.96. The molecule has 0 saturated heterocycles. The first-order valence-corrected chi connectivity index (χ1v) is 5.12. The summed E-state index contributed by atoms with van der Waals surface area (Å²) in [6, 6.07) is 0. The van der Waals surface area contributed by atoms with Gasteiger partial charge in [-0.25, -0.2) is 4.98 Å². The van der Waals surface area contributed by atoms with Crippen LogP contribution in [-0.2, 0) is 6.42 Å². The molecule has 1 heterocycles. The second kappa shape index (κ2) is 4.01. The Hall–Kier alpha value is -0.410. The molecule has 1 unspecified atom stereocenters. The predicted molar refractivity (Wildman–Crippen MR) is 51.3 cm³/mol. The monoisotopic (exact) mass is 185 g/mol. The molecule has 1 aromatic heterocycles. The predicted octanol–water partition coefficient (Wildman–Crippen LogP) is 2.09. The molecule has 0 aliphatic rings. The Labute approximate surface area is 77.3 Å². The number of thiazole rings is 1. The Balaban J connectivity index is 2.60. The normalized spacial score (nSPS) is 15.9. The molecule has 1 aromatic rings. The van der Waals surface area contributed by atoms with Crippen LogP contribution in [0, 0.1) is 5.41 Å². The van der Waals surface area contributed by atoms with Crippen molar-refractivity contribution in [2.24, 2.45) is 5.41 Å². The van der Waals surface area contributed by atoms with Crippen molar-refractivity contribution < 1.29 is 5.11 Å². The highest BCUT2D eigenvalue weighted by Gasteiger charge is 2.21. The Morgan fingerprint density at radius 3 is 2.83 bits per heavy atom. The van der Waals surface area contributed by atoms with Gasteiger partial charge in [0.15, 0.2) is 0 Å². The molecule has 0 aliphatic heterocycles. The zero-order valence-electron chi connectivity index (χ0n) is 7.58. The molecule has 68 valence electrons. The minimum atomic E-state index is 0.00801. The van der Waals surface area contributed by atoms with E-state index in [1.165, 1.54) is 0 Å². The molecule has 0 fully saturated rings. The number of aliphatic hydroxyl groups excluding tert-OH is 1. The van der Waals surface area contributed by atoms with E-state index in [1.807, 2.05) is 10.9 Å². The van der Waals surface area contributed by atoms with Crippen molar-refractivity contribution in [3.05, 3.63) is 16.6 Å². The highest BCUT2D eigenvalue weighted by atomic mass is 32.1. The van der Waals surface area contributed by atoms with Gasteiger partial charge in [-0.1, -0.05) is 13.8 Å². The van der Waals surface area contributed by atoms with E-state index in [0.717, 1.165) is 18.5 Å². The SMILES string of the molecule is CCC(C)(CO)Cc1cscn1. The third kappa shape index (κ3) is 2.29. The van der Waals surface area contributed by atoms with Crippen LogP contribution in [0.3, 0.4) is 0 Å². The molecule has 0 aliphatic carbocycles. The highest BCUT2D eigenvalue weighted by molar-refractivity contribution is 7.07. The Bertz CT molecular complexity index is 216. The van der Waals surface area contributed by atoms with Crippen molar-refractivity contribution in [1.29, 1.82) is 0 Å². The smallest absolute Gasteiger partial charge is 0.0794 e. The van der Waals surface area contributed by atoms with Gasteiger partial charge in [-0.3, -0.25) is 0 Å². The van der Waals surface area contributed by atoms with Crippen LogP contribution in [0.25, 0.3) is 0 Å². The number of aliphatic hydroxyl groups is 1. The van der Waals surface area contributed by atoms with E-state index < -0.39 is 0 Å². The quantitative estimate of drug-likeness (QED) is 0.779. The van der Waals surface area contributed by atoms with E-state index in [0.29, 0.717) is 0 Å². The van der Waals surface area contributed by atoms with E-state index in [4.69, 9.17) is 5.11 Å². The van der Waals surface area contributed by atoms with Crippen LogP contribution < -0.4 is 0 Å². The van der Waals surface area contributed by atoms with Gasteiger partial charge in [0.2, 0.25) is 0 Å². The van der Waals surface area contributed by atoms with Crippen LogP contribution in [-0.4, -0.2) is 16.7 Å². The summed E-state index contributed by atoms with van der Waals surface area (Å²) in [6.45, 7) is 4.43. The molecule has 0 radical (unpaired) electrons. The maximum atomic E-state index is 9.16. The van der Waals surface area contributed by atoms with Crippen molar-refractivity contribution in [2.45, 2.75) is 26.7 Å². The first kappa shape index (κ1) is 9.68. The fraction of sp³-hybridized carbons (Fsp3) is 0.667. The van der Waals surface area contributed by atoms with E-state index in [9.17, 15) is 0 Å². The van der Waals surface area contributed by atoms with Crippen LogP contribution >= 0.6 is 11.3 Å². The zero-order chi connectivity index (χ0) is 9.03. The Kier molecular flexibility index (Phi) is 3.23. The third-order valence-electron chi connectivity index (χ3n) is 2.33. The fourth-order valence-electron chi connectivity index (χ4n) is 1.05. The molecule has 0 saturated carbocycles. The lowest BCUT2D eigenvalue weighted by Crippen LogP contribution is -2.23. The molecule has 3 heteroatoms. The van der Waals surface area contributed by atoms with Crippen LogP contribution in [0.15, 0.2) is 10.9 Å². The highest BCUT2D eigenvalue weighted by Crippen LogP contribution is 2.25. The van der Waals surface area contributed by atoms with Gasteiger partial charge in [-0.15, -0.1) is 11.3 Å². The first-order chi connectivity index (χ1) is 5.70. The number of aromatic nitrogens is 1. The summed E-state index contributed by atoms with van der Waals surface area (Å²) < 4.78 is 0. The minimum Gasteiger partial charge on any atom is -0.396 e. The van der Waals surface area contributed by atoms with Crippen molar-refractivity contribution in [2.75, 3.05) is 6.61 Å². The van der Waals surface area contributed by atoms with Gasteiger partial charge in [0.1, 0.15) is 0 Å². The zero-order valence-corrected chi connectivity index (χ0v) is 8.40. The minimum absolute atomic E-state index is 0.00801. The van der Waals surface area contributed by atoms with E-state index in [2.05, 4.69) is 18.8 Å². The fourth-order valence-corrected chi connectivity index (χ4v) is 1.61. The summed E-state index contributed by atoms with van der Waals surface area (Å²) in [5.74, 6) is 0. The second-order valence-electron chi connectivity index (χ2n) is 3.48. The molecular weight excluding hydrogens is 170 g/mol. The van der Waals surface area contributed by atoms with Crippen LogP contribution in [0.2, 0.25) is 0 Å². The Morgan fingerprint density at radius 1 is 1.67 bits per heavy atom. The van der Waals surface area contributed by atoms with Crippen LogP contribution in [0.5, 0.6) is 0 Å². The topological polar surface area (TPSA) is 33.1 Å². The van der Waals surface area contributed by atoms with E-state index >= 15 is 0 Å².